The van der Waals surface area contributed by atoms with Crippen molar-refractivity contribution in [3.63, 3.8) is 0 Å². The second kappa shape index (κ2) is 6.34. The lowest BCUT2D eigenvalue weighted by Gasteiger charge is -2.24. The summed E-state index contributed by atoms with van der Waals surface area (Å²) in [4.78, 5) is 14.8. The molecule has 1 aromatic rings. The van der Waals surface area contributed by atoms with Gasteiger partial charge in [-0.15, -0.1) is 11.3 Å². The van der Waals surface area contributed by atoms with Crippen LogP contribution in [0, 0.1) is 0 Å². The maximum absolute atomic E-state index is 12.0. The van der Waals surface area contributed by atoms with Crippen LogP contribution in [-0.2, 0) is 4.74 Å². The van der Waals surface area contributed by atoms with Crippen molar-refractivity contribution in [1.29, 1.82) is 0 Å². The van der Waals surface area contributed by atoms with Gasteiger partial charge in [-0.1, -0.05) is 6.07 Å². The number of hydrogen-bond donors (Lipinski definition) is 2. The van der Waals surface area contributed by atoms with Crippen LogP contribution in [-0.4, -0.2) is 46.9 Å². The number of aliphatic hydroxyl groups excluding tert-OH is 1. The SMILES string of the molecule is CC(N[C@H]1CN(C(=O)OC(C)(C)C)C[C@@H]1O)c1cccs1. The van der Waals surface area contributed by atoms with Gasteiger partial charge in [-0.25, -0.2) is 4.79 Å². The Morgan fingerprint density at radius 2 is 2.24 bits per heavy atom. The van der Waals surface area contributed by atoms with Gasteiger partial charge in [0, 0.05) is 17.5 Å². The first-order valence-electron chi connectivity index (χ1n) is 7.22. The van der Waals surface area contributed by atoms with E-state index in [9.17, 15) is 9.90 Å². The third-order valence-corrected chi connectivity index (χ3v) is 4.43. The summed E-state index contributed by atoms with van der Waals surface area (Å²) in [5.41, 5.74) is -0.516. The molecule has 21 heavy (non-hydrogen) atoms. The van der Waals surface area contributed by atoms with Crippen LogP contribution in [0.3, 0.4) is 0 Å². The topological polar surface area (TPSA) is 61.8 Å². The molecule has 1 aliphatic heterocycles. The Kier molecular flexibility index (Phi) is 4.91. The number of aliphatic hydroxyl groups is 1. The van der Waals surface area contributed by atoms with Crippen molar-refractivity contribution >= 4 is 17.4 Å². The van der Waals surface area contributed by atoms with Crippen LogP contribution in [0.2, 0.25) is 0 Å². The molecule has 2 N–H and O–H groups in total. The Hall–Kier alpha value is -1.11. The van der Waals surface area contributed by atoms with Crippen molar-refractivity contribution in [3.8, 4) is 0 Å². The molecule has 6 heteroatoms. The first-order valence-corrected chi connectivity index (χ1v) is 8.09. The summed E-state index contributed by atoms with van der Waals surface area (Å²) in [7, 11) is 0. The predicted octanol–water partition coefficient (Wildman–Crippen LogP) is 2.38. The largest absolute Gasteiger partial charge is 0.444 e. The lowest BCUT2D eigenvalue weighted by atomic mass is 10.1. The first-order chi connectivity index (χ1) is 9.76. The van der Waals surface area contributed by atoms with E-state index in [-0.39, 0.29) is 18.2 Å². The molecule has 0 saturated carbocycles. The zero-order valence-corrected chi connectivity index (χ0v) is 13.8. The summed E-state index contributed by atoms with van der Waals surface area (Å²) in [6, 6.07) is 4.10. The molecule has 1 aliphatic rings. The number of β-amino-alcohol motifs (C(OH)–C–C–N with tert-alkyl or cyclic N) is 1. The van der Waals surface area contributed by atoms with Crippen LogP contribution < -0.4 is 5.32 Å². The van der Waals surface area contributed by atoms with E-state index < -0.39 is 11.7 Å². The monoisotopic (exact) mass is 312 g/mol. The Balaban J connectivity index is 1.90. The van der Waals surface area contributed by atoms with Gasteiger partial charge in [0.25, 0.3) is 0 Å². The Morgan fingerprint density at radius 3 is 2.81 bits per heavy atom. The Morgan fingerprint density at radius 1 is 1.52 bits per heavy atom. The van der Waals surface area contributed by atoms with E-state index in [1.165, 1.54) is 4.88 Å². The fraction of sp³-hybridized carbons (Fsp3) is 0.667. The second-order valence-electron chi connectivity index (χ2n) is 6.46. The van der Waals surface area contributed by atoms with E-state index in [0.717, 1.165) is 0 Å². The smallest absolute Gasteiger partial charge is 0.410 e. The number of ether oxygens (including phenoxy) is 1. The second-order valence-corrected chi connectivity index (χ2v) is 7.44. The molecule has 3 atom stereocenters. The zero-order chi connectivity index (χ0) is 15.6. The summed E-state index contributed by atoms with van der Waals surface area (Å²) < 4.78 is 5.35. The molecule has 1 fully saturated rings. The van der Waals surface area contributed by atoms with E-state index in [1.807, 2.05) is 32.2 Å². The predicted molar refractivity (Wildman–Crippen MR) is 83.5 cm³/mol. The lowest BCUT2D eigenvalue weighted by Crippen LogP contribution is -2.41. The Labute approximate surface area is 129 Å². The number of carbonyl (C=O) groups is 1. The fourth-order valence-corrected chi connectivity index (χ4v) is 3.11. The number of nitrogens with one attached hydrogen (secondary N) is 1. The van der Waals surface area contributed by atoms with Crippen molar-refractivity contribution in [2.24, 2.45) is 0 Å². The number of rotatable bonds is 3. The zero-order valence-electron chi connectivity index (χ0n) is 13.0. The minimum Gasteiger partial charge on any atom is -0.444 e. The molecule has 1 aromatic heterocycles. The van der Waals surface area contributed by atoms with Gasteiger partial charge in [0.2, 0.25) is 0 Å². The number of hydrogen-bond acceptors (Lipinski definition) is 5. The first kappa shape index (κ1) is 16.3. The van der Waals surface area contributed by atoms with Gasteiger partial charge < -0.3 is 20.1 Å². The highest BCUT2D eigenvalue weighted by molar-refractivity contribution is 7.10. The highest BCUT2D eigenvalue weighted by Crippen LogP contribution is 2.22. The van der Waals surface area contributed by atoms with Gasteiger partial charge in [-0.05, 0) is 39.1 Å². The van der Waals surface area contributed by atoms with Crippen LogP contribution in [0.1, 0.15) is 38.6 Å². The van der Waals surface area contributed by atoms with Gasteiger partial charge in [0.1, 0.15) is 5.60 Å². The molecule has 0 aliphatic carbocycles. The molecule has 0 bridgehead atoms. The van der Waals surface area contributed by atoms with Gasteiger partial charge in [-0.2, -0.15) is 0 Å². The third-order valence-electron chi connectivity index (χ3n) is 3.37. The van der Waals surface area contributed by atoms with E-state index in [0.29, 0.717) is 13.1 Å². The van der Waals surface area contributed by atoms with Gasteiger partial charge in [-0.3, -0.25) is 0 Å². The average molecular weight is 312 g/mol. The average Bonchev–Trinajstić information content (AvgIpc) is 2.97. The van der Waals surface area contributed by atoms with Crippen LogP contribution in [0.25, 0.3) is 0 Å². The minimum absolute atomic E-state index is 0.130. The maximum atomic E-state index is 12.0. The van der Waals surface area contributed by atoms with Crippen LogP contribution in [0.15, 0.2) is 17.5 Å². The highest BCUT2D eigenvalue weighted by Gasteiger charge is 2.36. The minimum atomic E-state index is -0.570. The molecular weight excluding hydrogens is 288 g/mol. The van der Waals surface area contributed by atoms with Crippen LogP contribution >= 0.6 is 11.3 Å². The molecule has 1 saturated heterocycles. The standard InChI is InChI=1S/C15H24N2O3S/c1-10(13-6-5-7-21-13)16-11-8-17(9-12(11)18)14(19)20-15(2,3)4/h5-7,10-12,16,18H,8-9H2,1-4H3/t10?,11-,12-/m0/s1. The number of thiophene rings is 1. The van der Waals surface area contributed by atoms with Gasteiger partial charge >= 0.3 is 6.09 Å². The lowest BCUT2D eigenvalue weighted by molar-refractivity contribution is 0.0270. The number of likely N-dealkylation sites (tertiary alicyclic amines) is 1. The van der Waals surface area contributed by atoms with E-state index >= 15 is 0 Å². The molecule has 0 aromatic carbocycles. The van der Waals surface area contributed by atoms with Crippen molar-refractivity contribution < 1.29 is 14.6 Å². The van der Waals surface area contributed by atoms with Gasteiger partial charge in [0.05, 0.1) is 18.7 Å². The molecule has 2 rings (SSSR count). The van der Waals surface area contributed by atoms with E-state index in [2.05, 4.69) is 18.3 Å². The van der Waals surface area contributed by atoms with Crippen LogP contribution in [0.5, 0.6) is 0 Å². The normalized spacial score (nSPS) is 24.1. The summed E-state index contributed by atoms with van der Waals surface area (Å²) in [6.07, 6.45) is -0.936. The van der Waals surface area contributed by atoms with E-state index in [1.54, 1.807) is 16.2 Å². The van der Waals surface area contributed by atoms with E-state index in [4.69, 9.17) is 4.74 Å². The van der Waals surface area contributed by atoms with Crippen molar-refractivity contribution in [1.82, 2.24) is 10.2 Å². The molecular formula is C15H24N2O3S. The van der Waals surface area contributed by atoms with Crippen molar-refractivity contribution in [2.75, 3.05) is 13.1 Å². The molecule has 0 spiro atoms. The maximum Gasteiger partial charge on any atom is 0.410 e. The summed E-state index contributed by atoms with van der Waals surface area (Å²) in [5.74, 6) is 0. The molecule has 0 radical (unpaired) electrons. The fourth-order valence-electron chi connectivity index (χ4n) is 2.37. The third kappa shape index (κ3) is 4.43. The number of amides is 1. The van der Waals surface area contributed by atoms with Crippen LogP contribution in [0.4, 0.5) is 4.79 Å². The number of nitrogens with zero attached hydrogens (tertiary/aromatic N) is 1. The molecule has 5 nitrogen and oxygen atoms in total. The summed E-state index contributed by atoms with van der Waals surface area (Å²) >= 11 is 1.68. The van der Waals surface area contributed by atoms with Crippen molar-refractivity contribution in [2.45, 2.75) is 51.5 Å². The number of carbonyl (C=O) groups excluding carboxylic acids is 1. The summed E-state index contributed by atoms with van der Waals surface area (Å²) in [5, 5.41) is 15.6. The molecule has 1 unspecified atom stereocenters. The molecule has 118 valence electrons. The Bertz CT molecular complexity index is 470. The molecule has 1 amide bonds. The summed E-state index contributed by atoms with van der Waals surface area (Å²) in [6.45, 7) is 8.36. The quantitative estimate of drug-likeness (QED) is 0.899. The molecule has 2 heterocycles. The highest BCUT2D eigenvalue weighted by atomic mass is 32.1. The van der Waals surface area contributed by atoms with Crippen molar-refractivity contribution in [3.05, 3.63) is 22.4 Å². The van der Waals surface area contributed by atoms with Gasteiger partial charge in [0.15, 0.2) is 0 Å².